The Hall–Kier alpha value is -2.13. The zero-order valence-electron chi connectivity index (χ0n) is 13.6. The Labute approximate surface area is 170 Å². The molecule has 0 saturated heterocycles. The van der Waals surface area contributed by atoms with Crippen molar-refractivity contribution in [3.05, 3.63) is 76.3 Å². The highest BCUT2D eigenvalue weighted by Crippen LogP contribution is 2.26. The Morgan fingerprint density at radius 2 is 1.81 bits per heavy atom. The van der Waals surface area contributed by atoms with Crippen LogP contribution in [0.1, 0.15) is 21.4 Å². The molecule has 0 aliphatic rings. The van der Waals surface area contributed by atoms with Gasteiger partial charge in [-0.3, -0.25) is 9.52 Å². The molecule has 3 aromatic rings. The van der Waals surface area contributed by atoms with Crippen LogP contribution in [-0.2, 0) is 10.0 Å². The van der Waals surface area contributed by atoms with Crippen molar-refractivity contribution in [2.45, 2.75) is 10.4 Å². The second kappa shape index (κ2) is 8.26. The van der Waals surface area contributed by atoms with Crippen molar-refractivity contribution in [2.24, 2.45) is 0 Å². The first-order valence-corrected chi connectivity index (χ1v) is 10.8. The van der Waals surface area contributed by atoms with E-state index in [0.717, 1.165) is 0 Å². The van der Waals surface area contributed by atoms with E-state index in [2.05, 4.69) is 15.0 Å². The molecule has 140 valence electrons. The number of carbonyl (C=O) groups excluding carboxylic acids is 1. The first-order valence-electron chi connectivity index (χ1n) is 7.58. The van der Waals surface area contributed by atoms with E-state index in [1.54, 1.807) is 29.6 Å². The highest BCUT2D eigenvalue weighted by molar-refractivity contribution is 7.93. The standard InChI is InChI=1S/C17H13Cl2N3O3S2/c18-14-4-2-1-3-13(14)15(19)21-16(23)11-5-7-12(8-6-11)27(24,25)22-17-20-9-10-26-17/h1-10,15H,(H,20,22)(H,21,23). The molecule has 1 aromatic heterocycles. The number of carbonyl (C=O) groups is 1. The first kappa shape index (κ1) is 19.6. The lowest BCUT2D eigenvalue weighted by molar-refractivity contribution is 0.0948. The van der Waals surface area contributed by atoms with Crippen LogP contribution < -0.4 is 10.0 Å². The predicted molar refractivity (Wildman–Crippen MR) is 107 cm³/mol. The lowest BCUT2D eigenvalue weighted by Gasteiger charge is -2.14. The zero-order chi connectivity index (χ0) is 19.4. The number of nitrogens with zero attached hydrogens (tertiary/aromatic N) is 1. The van der Waals surface area contributed by atoms with Gasteiger partial charge in [0, 0.05) is 27.7 Å². The van der Waals surface area contributed by atoms with Crippen molar-refractivity contribution >= 4 is 55.6 Å². The molecular formula is C17H13Cl2N3O3S2. The van der Waals surface area contributed by atoms with Gasteiger partial charge in [0.15, 0.2) is 5.13 Å². The van der Waals surface area contributed by atoms with E-state index in [1.165, 1.54) is 41.8 Å². The van der Waals surface area contributed by atoms with Gasteiger partial charge in [0.1, 0.15) is 5.50 Å². The lowest BCUT2D eigenvalue weighted by atomic mass is 10.2. The van der Waals surface area contributed by atoms with Crippen molar-refractivity contribution in [1.29, 1.82) is 0 Å². The van der Waals surface area contributed by atoms with E-state index in [-0.39, 0.29) is 15.6 Å². The Morgan fingerprint density at radius 3 is 2.44 bits per heavy atom. The van der Waals surface area contributed by atoms with E-state index < -0.39 is 21.4 Å². The normalized spacial score (nSPS) is 12.4. The molecule has 2 aromatic carbocycles. The Morgan fingerprint density at radius 1 is 1.11 bits per heavy atom. The van der Waals surface area contributed by atoms with Crippen molar-refractivity contribution < 1.29 is 13.2 Å². The Kier molecular flexibility index (Phi) is 6.01. The summed E-state index contributed by atoms with van der Waals surface area (Å²) in [6.07, 6.45) is 1.50. The van der Waals surface area contributed by atoms with E-state index in [4.69, 9.17) is 23.2 Å². The number of amides is 1. The van der Waals surface area contributed by atoms with Gasteiger partial charge in [-0.25, -0.2) is 13.4 Å². The molecule has 0 fully saturated rings. The number of hydrogen-bond acceptors (Lipinski definition) is 5. The number of halogens is 2. The molecule has 0 radical (unpaired) electrons. The smallest absolute Gasteiger partial charge is 0.263 e. The fourth-order valence-electron chi connectivity index (χ4n) is 2.19. The number of sulfonamides is 1. The summed E-state index contributed by atoms with van der Waals surface area (Å²) in [4.78, 5) is 16.2. The second-order valence-electron chi connectivity index (χ2n) is 5.32. The molecule has 0 aliphatic heterocycles. The van der Waals surface area contributed by atoms with Gasteiger partial charge in [0.05, 0.1) is 4.90 Å². The van der Waals surface area contributed by atoms with Crippen LogP contribution in [0, 0.1) is 0 Å². The molecule has 1 unspecified atom stereocenters. The van der Waals surface area contributed by atoms with Gasteiger partial charge in [0.2, 0.25) is 0 Å². The van der Waals surface area contributed by atoms with Crippen LogP contribution in [-0.4, -0.2) is 19.3 Å². The summed E-state index contributed by atoms with van der Waals surface area (Å²) in [6, 6.07) is 12.4. The number of alkyl halides is 1. The van der Waals surface area contributed by atoms with Crippen molar-refractivity contribution in [1.82, 2.24) is 10.3 Å². The summed E-state index contributed by atoms with van der Waals surface area (Å²) in [7, 11) is -3.77. The van der Waals surface area contributed by atoms with Gasteiger partial charge in [-0.15, -0.1) is 11.3 Å². The fourth-order valence-corrected chi connectivity index (χ4v) is 4.57. The molecule has 1 atom stereocenters. The molecule has 6 nitrogen and oxygen atoms in total. The number of anilines is 1. The maximum atomic E-state index is 12.3. The van der Waals surface area contributed by atoms with E-state index in [9.17, 15) is 13.2 Å². The minimum atomic E-state index is -3.77. The largest absolute Gasteiger partial charge is 0.332 e. The summed E-state index contributed by atoms with van der Waals surface area (Å²) < 4.78 is 27.0. The van der Waals surface area contributed by atoms with Crippen molar-refractivity contribution in [3.63, 3.8) is 0 Å². The molecule has 0 saturated carbocycles. The van der Waals surface area contributed by atoms with Crippen LogP contribution in [0.4, 0.5) is 5.13 Å². The molecule has 0 bridgehead atoms. The fraction of sp³-hybridized carbons (Fsp3) is 0.0588. The highest BCUT2D eigenvalue weighted by Gasteiger charge is 2.18. The summed E-state index contributed by atoms with van der Waals surface area (Å²) in [5.74, 6) is -0.452. The van der Waals surface area contributed by atoms with E-state index in [1.807, 2.05) is 0 Å². The van der Waals surface area contributed by atoms with Gasteiger partial charge in [-0.2, -0.15) is 0 Å². The predicted octanol–water partition coefficient (Wildman–Crippen LogP) is 4.26. The highest BCUT2D eigenvalue weighted by atomic mass is 35.5. The minimum Gasteiger partial charge on any atom is -0.332 e. The van der Waals surface area contributed by atoms with E-state index >= 15 is 0 Å². The molecule has 10 heteroatoms. The molecule has 2 N–H and O–H groups in total. The monoisotopic (exact) mass is 441 g/mol. The summed E-state index contributed by atoms with van der Waals surface area (Å²) >= 11 is 13.4. The molecular weight excluding hydrogens is 429 g/mol. The minimum absolute atomic E-state index is 0.0165. The quantitative estimate of drug-likeness (QED) is 0.441. The molecule has 1 heterocycles. The van der Waals surface area contributed by atoms with Crippen LogP contribution in [0.15, 0.2) is 65.0 Å². The van der Waals surface area contributed by atoms with Gasteiger partial charge >= 0.3 is 0 Å². The SMILES string of the molecule is O=C(NC(Cl)c1ccccc1Cl)c1ccc(S(=O)(=O)Nc2nccs2)cc1. The average molecular weight is 442 g/mol. The molecule has 3 rings (SSSR count). The van der Waals surface area contributed by atoms with Crippen LogP contribution in [0.2, 0.25) is 5.02 Å². The number of thiazole rings is 1. The Bertz CT molecular complexity index is 1040. The second-order valence-corrected chi connectivity index (χ2v) is 8.75. The van der Waals surface area contributed by atoms with Gasteiger partial charge in [-0.05, 0) is 30.3 Å². The third-order valence-electron chi connectivity index (χ3n) is 3.52. The van der Waals surface area contributed by atoms with E-state index in [0.29, 0.717) is 10.6 Å². The molecule has 27 heavy (non-hydrogen) atoms. The van der Waals surface area contributed by atoms with Gasteiger partial charge < -0.3 is 5.32 Å². The van der Waals surface area contributed by atoms with Gasteiger partial charge in [0.25, 0.3) is 15.9 Å². The summed E-state index contributed by atoms with van der Waals surface area (Å²) in [6.45, 7) is 0. The topological polar surface area (TPSA) is 88.2 Å². The third kappa shape index (κ3) is 4.78. The number of rotatable bonds is 6. The number of nitrogens with one attached hydrogen (secondary N) is 2. The van der Waals surface area contributed by atoms with Crippen molar-refractivity contribution in [2.75, 3.05) is 4.72 Å². The average Bonchev–Trinajstić information content (AvgIpc) is 3.14. The lowest BCUT2D eigenvalue weighted by Crippen LogP contribution is -2.25. The van der Waals surface area contributed by atoms with Crippen LogP contribution >= 0.6 is 34.5 Å². The van der Waals surface area contributed by atoms with Crippen LogP contribution in [0.5, 0.6) is 0 Å². The summed E-state index contributed by atoms with van der Waals surface area (Å²) in [5, 5.41) is 4.98. The summed E-state index contributed by atoms with van der Waals surface area (Å²) in [5.41, 5.74) is 0.0168. The molecule has 1 amide bonds. The maximum absolute atomic E-state index is 12.3. The molecule has 0 spiro atoms. The number of aromatic nitrogens is 1. The Balaban J connectivity index is 1.71. The van der Waals surface area contributed by atoms with Gasteiger partial charge in [-0.1, -0.05) is 41.4 Å². The third-order valence-corrected chi connectivity index (χ3v) is 6.38. The van der Waals surface area contributed by atoms with Crippen LogP contribution in [0.25, 0.3) is 0 Å². The molecule has 0 aliphatic carbocycles. The van der Waals surface area contributed by atoms with Crippen LogP contribution in [0.3, 0.4) is 0 Å². The first-order chi connectivity index (χ1) is 12.9. The number of benzene rings is 2. The van der Waals surface area contributed by atoms with Crippen molar-refractivity contribution in [3.8, 4) is 0 Å². The zero-order valence-corrected chi connectivity index (χ0v) is 16.7. The maximum Gasteiger partial charge on any atom is 0.263 e. The number of hydrogen-bond donors (Lipinski definition) is 2.